The summed E-state index contributed by atoms with van der Waals surface area (Å²) in [5.41, 5.74) is -1.77. The van der Waals surface area contributed by atoms with Crippen LogP contribution >= 0.6 is 0 Å². The van der Waals surface area contributed by atoms with Crippen molar-refractivity contribution in [3.8, 4) is 5.75 Å². The molecule has 2 rings (SSSR count). The van der Waals surface area contributed by atoms with Crippen molar-refractivity contribution in [2.75, 3.05) is 13.1 Å². The highest BCUT2D eigenvalue weighted by molar-refractivity contribution is 5.45. The summed E-state index contributed by atoms with van der Waals surface area (Å²) in [6.45, 7) is 1.24. The molecule has 20 heavy (non-hydrogen) atoms. The third kappa shape index (κ3) is 3.35. The maximum absolute atomic E-state index is 12.6. The Morgan fingerprint density at radius 2 is 2.25 bits per heavy atom. The average Bonchev–Trinajstić information content (AvgIpc) is 2.38. The maximum Gasteiger partial charge on any atom is 0.433 e. The van der Waals surface area contributed by atoms with E-state index in [1.807, 2.05) is 0 Å². The van der Waals surface area contributed by atoms with E-state index >= 15 is 0 Å². The van der Waals surface area contributed by atoms with E-state index in [0.717, 1.165) is 13.0 Å². The summed E-state index contributed by atoms with van der Waals surface area (Å²) in [5, 5.41) is 13.8. The molecule has 0 bridgehead atoms. The molecule has 1 unspecified atom stereocenters. The monoisotopic (exact) mass is 291 g/mol. The van der Waals surface area contributed by atoms with Gasteiger partial charge in [-0.1, -0.05) is 0 Å². The van der Waals surface area contributed by atoms with Gasteiger partial charge in [0.25, 0.3) is 0 Å². The largest absolute Gasteiger partial charge is 0.482 e. The van der Waals surface area contributed by atoms with Gasteiger partial charge in [-0.2, -0.15) is 13.2 Å². The van der Waals surface area contributed by atoms with Gasteiger partial charge in [0.2, 0.25) is 5.75 Å². The number of piperidine rings is 1. The SMILES string of the molecule is O=[N+]([O-])c1cnc(C(F)(F)F)cc1OC1CCCNC1. The standard InChI is InChI=1S/C11H12F3N3O3/c12-11(13,14)10-4-9(8(6-16-10)17(18)19)20-7-2-1-3-15-5-7/h4,6-7,15H,1-3,5H2. The van der Waals surface area contributed by atoms with Gasteiger partial charge in [0, 0.05) is 12.6 Å². The number of halogens is 3. The van der Waals surface area contributed by atoms with E-state index in [4.69, 9.17) is 4.74 Å². The lowest BCUT2D eigenvalue weighted by atomic mass is 10.1. The van der Waals surface area contributed by atoms with Crippen molar-refractivity contribution in [1.82, 2.24) is 10.3 Å². The molecule has 1 atom stereocenters. The van der Waals surface area contributed by atoms with Crippen LogP contribution in [0.3, 0.4) is 0 Å². The summed E-state index contributed by atoms with van der Waals surface area (Å²) in [4.78, 5) is 13.1. The molecule has 1 aromatic heterocycles. The van der Waals surface area contributed by atoms with Crippen molar-refractivity contribution in [3.63, 3.8) is 0 Å². The van der Waals surface area contributed by atoms with Crippen LogP contribution in [0.1, 0.15) is 18.5 Å². The van der Waals surface area contributed by atoms with Gasteiger partial charge in [-0.25, -0.2) is 4.98 Å². The molecule has 0 spiro atoms. The Labute approximate surface area is 112 Å². The minimum atomic E-state index is -4.67. The molecular weight excluding hydrogens is 279 g/mol. The smallest absolute Gasteiger partial charge is 0.433 e. The highest BCUT2D eigenvalue weighted by Gasteiger charge is 2.35. The molecule has 2 heterocycles. The number of aromatic nitrogens is 1. The molecule has 9 heteroatoms. The molecule has 1 N–H and O–H groups in total. The summed E-state index contributed by atoms with van der Waals surface area (Å²) < 4.78 is 43.1. The number of nitrogens with zero attached hydrogens (tertiary/aromatic N) is 2. The first-order valence-corrected chi connectivity index (χ1v) is 5.97. The topological polar surface area (TPSA) is 77.3 Å². The lowest BCUT2D eigenvalue weighted by Gasteiger charge is -2.23. The van der Waals surface area contributed by atoms with Crippen LogP contribution in [0, 0.1) is 10.1 Å². The van der Waals surface area contributed by atoms with Gasteiger partial charge in [0.15, 0.2) is 0 Å². The third-order valence-corrected chi connectivity index (χ3v) is 2.88. The van der Waals surface area contributed by atoms with Crippen LogP contribution in [0.15, 0.2) is 12.3 Å². The van der Waals surface area contributed by atoms with Crippen molar-refractivity contribution in [1.29, 1.82) is 0 Å². The number of rotatable bonds is 3. The summed E-state index contributed by atoms with van der Waals surface area (Å²) >= 11 is 0. The zero-order valence-electron chi connectivity index (χ0n) is 10.3. The maximum atomic E-state index is 12.6. The van der Waals surface area contributed by atoms with Gasteiger partial charge in [0.05, 0.1) is 4.92 Å². The van der Waals surface area contributed by atoms with Crippen LogP contribution < -0.4 is 10.1 Å². The van der Waals surface area contributed by atoms with Crippen LogP contribution in [0.25, 0.3) is 0 Å². The number of nitro groups is 1. The molecular formula is C11H12F3N3O3. The molecule has 1 aliphatic rings. The van der Waals surface area contributed by atoms with Crippen molar-refractivity contribution < 1.29 is 22.8 Å². The summed E-state index contributed by atoms with van der Waals surface area (Å²) in [7, 11) is 0. The molecule has 1 aliphatic heterocycles. The second-order valence-corrected chi connectivity index (χ2v) is 4.38. The van der Waals surface area contributed by atoms with Gasteiger partial charge >= 0.3 is 11.9 Å². The van der Waals surface area contributed by atoms with E-state index < -0.39 is 28.2 Å². The fourth-order valence-corrected chi connectivity index (χ4v) is 1.92. The van der Waals surface area contributed by atoms with Crippen molar-refractivity contribution in [3.05, 3.63) is 28.1 Å². The van der Waals surface area contributed by atoms with E-state index in [-0.39, 0.29) is 6.10 Å². The Hall–Kier alpha value is -1.90. The van der Waals surface area contributed by atoms with Crippen LogP contribution in [0.4, 0.5) is 18.9 Å². The zero-order valence-corrected chi connectivity index (χ0v) is 10.3. The minimum absolute atomic E-state index is 0.383. The zero-order chi connectivity index (χ0) is 14.8. The van der Waals surface area contributed by atoms with Crippen LogP contribution in [-0.2, 0) is 6.18 Å². The number of nitrogens with one attached hydrogen (secondary N) is 1. The molecule has 0 aliphatic carbocycles. The van der Waals surface area contributed by atoms with Gasteiger partial charge in [0.1, 0.15) is 18.0 Å². The molecule has 0 saturated carbocycles. The number of ether oxygens (including phenoxy) is 1. The van der Waals surface area contributed by atoms with Gasteiger partial charge in [-0.15, -0.1) is 0 Å². The normalized spacial score (nSPS) is 19.6. The lowest BCUT2D eigenvalue weighted by Crippen LogP contribution is -2.37. The summed E-state index contributed by atoms with van der Waals surface area (Å²) in [6, 6.07) is 0.576. The second-order valence-electron chi connectivity index (χ2n) is 4.38. The Morgan fingerprint density at radius 1 is 1.50 bits per heavy atom. The number of pyridine rings is 1. The Bertz CT molecular complexity index is 501. The highest BCUT2D eigenvalue weighted by atomic mass is 19.4. The molecule has 0 aromatic carbocycles. The van der Waals surface area contributed by atoms with Crippen LogP contribution in [0.5, 0.6) is 5.75 Å². The van der Waals surface area contributed by atoms with Crippen LogP contribution in [0.2, 0.25) is 0 Å². The molecule has 1 aromatic rings. The first-order chi connectivity index (χ1) is 9.38. The Morgan fingerprint density at radius 3 is 2.80 bits per heavy atom. The lowest BCUT2D eigenvalue weighted by molar-refractivity contribution is -0.386. The Kier molecular flexibility index (Phi) is 4.07. The fraction of sp³-hybridized carbons (Fsp3) is 0.545. The third-order valence-electron chi connectivity index (χ3n) is 2.88. The first-order valence-electron chi connectivity index (χ1n) is 5.97. The molecule has 6 nitrogen and oxygen atoms in total. The predicted molar refractivity (Wildman–Crippen MR) is 62.4 cm³/mol. The molecule has 0 radical (unpaired) electrons. The van der Waals surface area contributed by atoms with E-state index in [9.17, 15) is 23.3 Å². The Balaban J connectivity index is 2.29. The van der Waals surface area contributed by atoms with Gasteiger partial charge in [-0.3, -0.25) is 10.1 Å². The summed E-state index contributed by atoms with van der Waals surface area (Å²) in [6.07, 6.45) is -3.04. The van der Waals surface area contributed by atoms with Crippen molar-refractivity contribution >= 4 is 5.69 Å². The van der Waals surface area contributed by atoms with E-state index in [0.29, 0.717) is 25.2 Å². The van der Waals surface area contributed by atoms with Crippen molar-refractivity contribution in [2.45, 2.75) is 25.1 Å². The first kappa shape index (κ1) is 14.5. The molecule has 0 amide bonds. The number of hydrogen-bond donors (Lipinski definition) is 1. The predicted octanol–water partition coefficient (Wildman–Crippen LogP) is 2.14. The van der Waals surface area contributed by atoms with Gasteiger partial charge < -0.3 is 10.1 Å². The number of hydrogen-bond acceptors (Lipinski definition) is 5. The van der Waals surface area contributed by atoms with Gasteiger partial charge in [-0.05, 0) is 19.4 Å². The quantitative estimate of drug-likeness (QED) is 0.682. The highest BCUT2D eigenvalue weighted by Crippen LogP contribution is 2.35. The fourth-order valence-electron chi connectivity index (χ4n) is 1.92. The second kappa shape index (κ2) is 5.61. The van der Waals surface area contributed by atoms with E-state index in [1.54, 1.807) is 0 Å². The van der Waals surface area contributed by atoms with E-state index in [1.165, 1.54) is 0 Å². The molecule has 1 fully saturated rings. The number of alkyl halides is 3. The van der Waals surface area contributed by atoms with Crippen LogP contribution in [-0.4, -0.2) is 29.1 Å². The van der Waals surface area contributed by atoms with Crippen molar-refractivity contribution in [2.24, 2.45) is 0 Å². The molecule has 1 saturated heterocycles. The molecule has 110 valence electrons. The summed E-state index contributed by atoms with van der Waals surface area (Å²) in [5.74, 6) is -0.397. The van der Waals surface area contributed by atoms with E-state index in [2.05, 4.69) is 10.3 Å². The minimum Gasteiger partial charge on any atom is -0.482 e. The average molecular weight is 291 g/mol.